The van der Waals surface area contributed by atoms with Gasteiger partial charge in [-0.1, -0.05) is 146 Å². The summed E-state index contributed by atoms with van der Waals surface area (Å²) in [6.07, 6.45) is 9.54. The van der Waals surface area contributed by atoms with Gasteiger partial charge in [-0.25, -0.2) is 0 Å². The quantitative estimate of drug-likeness (QED) is 0.0159. The molecule has 6 aromatic carbocycles. The first kappa shape index (κ1) is 96.7. The smallest absolute Gasteiger partial charge is 2.00 e. The number of para-hydroxylation sites is 6. The van der Waals surface area contributed by atoms with Crippen LogP contribution in [0.4, 0.5) is 0 Å². The summed E-state index contributed by atoms with van der Waals surface area (Å²) in [4.78, 5) is 109. The van der Waals surface area contributed by atoms with Gasteiger partial charge in [0.25, 0.3) is 0 Å². The maximum atomic E-state index is 12.0. The van der Waals surface area contributed by atoms with E-state index < -0.39 is 111 Å². The molecule has 0 fully saturated rings. The van der Waals surface area contributed by atoms with E-state index in [1.165, 1.54) is 36.4 Å². The number of aliphatic carboxylic acids is 6. The molecule has 6 atom stereocenters. The Labute approximate surface area is 739 Å². The van der Waals surface area contributed by atoms with E-state index in [1.54, 1.807) is 285 Å². The fourth-order valence-corrected chi connectivity index (χ4v) is 14.4. The first-order chi connectivity index (χ1) is 59.5. The number of aromatic nitrogens is 6. The number of halogens is 2. The topological polar surface area (TPSA) is 442 Å². The molecule has 34 heteroatoms. The Morgan fingerprint density at radius 1 is 0.234 bits per heavy atom. The summed E-state index contributed by atoms with van der Waals surface area (Å²) in [7, 11) is 9.59. The van der Waals surface area contributed by atoms with E-state index in [2.05, 4.69) is 29.9 Å². The first-order valence-corrected chi connectivity index (χ1v) is 41.5. The summed E-state index contributed by atoms with van der Waals surface area (Å²) < 4.78 is 0. The van der Waals surface area contributed by atoms with Crippen molar-refractivity contribution in [2.24, 2.45) is 0 Å². The van der Waals surface area contributed by atoms with Gasteiger partial charge in [0.2, 0.25) is 0 Å². The molecule has 3 unspecified atom stereocenters. The Balaban J connectivity index is 0.000000226. The zero-order chi connectivity index (χ0) is 88.2. The van der Waals surface area contributed by atoms with Gasteiger partial charge in [-0.05, 0) is 109 Å². The van der Waals surface area contributed by atoms with Crippen LogP contribution in [0, 0.1) is 0 Å². The number of phenols is 6. The molecule has 0 aliphatic heterocycles. The third kappa shape index (κ3) is 28.4. The molecule has 0 aliphatic rings. The zero-order valence-electron chi connectivity index (χ0n) is 66.4. The molecule has 12 N–H and O–H groups in total. The fraction of sp³-hybridized carbons (Fsp3) is 0.200. The van der Waals surface area contributed by atoms with Crippen molar-refractivity contribution >= 4 is 56.0 Å². The summed E-state index contributed by atoms with van der Waals surface area (Å²) in [5.41, 5.74) is 5.95. The van der Waals surface area contributed by atoms with Crippen molar-refractivity contribution in [3.63, 3.8) is 0 Å². The first-order valence-electron chi connectivity index (χ1n) is 38.2. The van der Waals surface area contributed by atoms with Crippen LogP contribution in [0.1, 0.15) is 104 Å². The van der Waals surface area contributed by atoms with Gasteiger partial charge in [0.15, 0.2) is 0 Å². The molecule has 0 aliphatic carbocycles. The van der Waals surface area contributed by atoms with Crippen LogP contribution in [0.25, 0.3) is 0 Å². The molecule has 12 aromatic rings. The van der Waals surface area contributed by atoms with Gasteiger partial charge in [0.05, 0.1) is 110 Å². The summed E-state index contributed by atoms with van der Waals surface area (Å²) in [5, 5.41) is 123. The van der Waals surface area contributed by atoms with E-state index in [4.69, 9.17) is 20.2 Å². The SMILES string of the molecule is O=C(O)CN(CCN(CC(=O)O)[C@H](c1ccccn1)c1ccccc1O)C(c1ccccn1)c1ccccc1O.O=C(O)CN(CCN(CC(=O)O)[C@H](c1ccccn1)c1ccccc1O)C(c1ccccn1)c1ccccc1O.O=C(O)CN(CCN(CC(=O)O)[C@H](c1ccccn1)c1ccccc1O)C(c1ccccn1)c1ccccc1O.[Cl][Mn][Cl].[Mn+2]. The van der Waals surface area contributed by atoms with E-state index in [-0.39, 0.29) is 104 Å². The van der Waals surface area contributed by atoms with Crippen molar-refractivity contribution < 1.29 is 120 Å². The van der Waals surface area contributed by atoms with Crippen LogP contribution < -0.4 is 0 Å². The minimum atomic E-state index is -1.09. The predicted octanol–water partition coefficient (Wildman–Crippen LogP) is 12.0. The zero-order valence-corrected chi connectivity index (χ0v) is 70.2. The molecule has 0 amide bonds. The second kappa shape index (κ2) is 50.0. The maximum Gasteiger partial charge on any atom is 2.00 e. The van der Waals surface area contributed by atoms with Crippen molar-refractivity contribution in [1.29, 1.82) is 0 Å². The van der Waals surface area contributed by atoms with Gasteiger partial charge in [-0.2, -0.15) is 0 Å². The number of carbonyl (C=O) groups is 6. The van der Waals surface area contributed by atoms with Gasteiger partial charge in [-0.3, -0.25) is 88.1 Å². The number of nitrogens with zero attached hydrogens (tertiary/aromatic N) is 12. The summed E-state index contributed by atoms with van der Waals surface area (Å²) in [6.45, 7) is -1.87. The number of hydrogen-bond acceptors (Lipinski definition) is 24. The average molecular weight is 1810 g/mol. The molecule has 6 aromatic heterocycles. The molecular weight excluding hydrogens is 1720 g/mol. The van der Waals surface area contributed by atoms with Crippen LogP contribution in [0.3, 0.4) is 0 Å². The molecule has 12 rings (SSSR count). The normalized spacial score (nSPS) is 12.5. The molecule has 0 spiro atoms. The van der Waals surface area contributed by atoms with Crippen molar-refractivity contribution in [3.8, 4) is 34.5 Å². The van der Waals surface area contributed by atoms with Crippen LogP contribution in [-0.2, 0) is 59.0 Å². The van der Waals surface area contributed by atoms with Crippen LogP contribution in [0.15, 0.2) is 292 Å². The Bertz CT molecular complexity index is 4500. The molecule has 644 valence electrons. The fourth-order valence-electron chi connectivity index (χ4n) is 14.4. The number of rotatable bonds is 39. The number of pyridine rings is 6. The van der Waals surface area contributed by atoms with E-state index in [0.29, 0.717) is 67.5 Å². The van der Waals surface area contributed by atoms with Crippen molar-refractivity contribution in [3.05, 3.63) is 360 Å². The summed E-state index contributed by atoms with van der Waals surface area (Å²) in [6, 6.07) is 67.1. The number of hydrogen-bond donors (Lipinski definition) is 12. The van der Waals surface area contributed by atoms with E-state index in [0.717, 1.165) is 0 Å². The second-order valence-electron chi connectivity index (χ2n) is 27.5. The Kier molecular flexibility index (Phi) is 39.0. The van der Waals surface area contributed by atoms with Crippen LogP contribution in [0.2, 0.25) is 0 Å². The van der Waals surface area contributed by atoms with Crippen LogP contribution >= 0.6 is 20.2 Å². The standard InChI is InChI=1S/3C30H30N4O6.2ClH.2Mn/c3*35-25-13-3-1-9-21(25)29(23-11-5-7-15-31-23)33(19-27(37)38)17-18-34(20-28(39)40)30(24-12-6-8-16-32-24)22-10-2-4-14-26(22)36;;;;/h3*1-16,29-30,35-36H,17-20H2,(H,37,38)(H,39,40);2*1H;;/q;;;;;2*+2/p-2/t3*29-,30?;;;;/m000..../s1. The van der Waals surface area contributed by atoms with Gasteiger partial charge in [-0.15, -0.1) is 0 Å². The Morgan fingerprint density at radius 3 is 0.460 bits per heavy atom. The van der Waals surface area contributed by atoms with Crippen molar-refractivity contribution in [2.45, 2.75) is 36.3 Å². The molecule has 0 saturated heterocycles. The maximum absolute atomic E-state index is 12.0. The number of carboxylic acid groups (broad SMARTS) is 6. The molecule has 1 radical (unpaired) electrons. The monoisotopic (exact) mass is 1810 g/mol. The predicted molar refractivity (Wildman–Crippen MR) is 452 cm³/mol. The van der Waals surface area contributed by atoms with E-state index >= 15 is 0 Å². The third-order valence-electron chi connectivity index (χ3n) is 19.4. The third-order valence-corrected chi connectivity index (χ3v) is 19.4. The summed E-state index contributed by atoms with van der Waals surface area (Å²) in [5.74, 6) is -6.67. The number of carboxylic acids is 6. The van der Waals surface area contributed by atoms with E-state index in [1.807, 2.05) is 0 Å². The van der Waals surface area contributed by atoms with Gasteiger partial charge < -0.3 is 61.3 Å². The summed E-state index contributed by atoms with van der Waals surface area (Å²) >= 11 is 0.00694. The van der Waals surface area contributed by atoms with Crippen LogP contribution in [-0.4, -0.2) is 235 Å². The van der Waals surface area contributed by atoms with Crippen molar-refractivity contribution in [2.75, 3.05) is 78.5 Å². The molecular formula is C90H90Cl2Mn2N12O18+2. The Hall–Kier alpha value is -12.8. The van der Waals surface area contributed by atoms with Gasteiger partial charge in [0, 0.05) is 110 Å². The largest absolute Gasteiger partial charge is 2.00 e. The van der Waals surface area contributed by atoms with Crippen LogP contribution in [0.5, 0.6) is 34.5 Å². The van der Waals surface area contributed by atoms with Gasteiger partial charge >= 0.3 is 86.2 Å². The number of benzene rings is 6. The molecule has 30 nitrogen and oxygen atoms in total. The molecule has 6 heterocycles. The number of phenolic OH excluding ortho intramolecular Hbond substituents is 6. The molecule has 0 saturated carbocycles. The van der Waals surface area contributed by atoms with E-state index in [9.17, 15) is 90.0 Å². The van der Waals surface area contributed by atoms with Gasteiger partial charge in [0.1, 0.15) is 34.5 Å². The minimum absolute atomic E-state index is 0. The molecule has 0 bridgehead atoms. The molecule has 124 heavy (non-hydrogen) atoms. The number of aromatic hydroxyl groups is 6. The minimum Gasteiger partial charge on any atom is 2.00 e. The second-order valence-corrected chi connectivity index (χ2v) is 29.5. The van der Waals surface area contributed by atoms with Crippen molar-refractivity contribution in [1.82, 2.24) is 59.3 Å². The Morgan fingerprint density at radius 2 is 0.355 bits per heavy atom. The average Bonchev–Trinajstić information content (AvgIpc) is 0.809.